The molecule has 0 saturated carbocycles. The van der Waals surface area contributed by atoms with Crippen LogP contribution in [0.2, 0.25) is 0 Å². The predicted molar refractivity (Wildman–Crippen MR) is 81.7 cm³/mol. The van der Waals surface area contributed by atoms with Crippen LogP contribution in [0.4, 0.5) is 0 Å². The summed E-state index contributed by atoms with van der Waals surface area (Å²) in [4.78, 5) is 13.5. The molecule has 17 heavy (non-hydrogen) atoms. The van der Waals surface area contributed by atoms with Crippen molar-refractivity contribution in [1.82, 2.24) is 10.2 Å². The Hall–Kier alpha value is 0.320. The number of nitrogens with two attached hydrogens (primary N) is 1. The van der Waals surface area contributed by atoms with Crippen LogP contribution in [0.5, 0.6) is 0 Å². The van der Waals surface area contributed by atoms with Crippen molar-refractivity contribution in [2.75, 3.05) is 44.2 Å². The molecular formula is C10H25Cl2N3OS. The van der Waals surface area contributed by atoms with E-state index in [4.69, 9.17) is 5.73 Å². The van der Waals surface area contributed by atoms with Gasteiger partial charge in [0.15, 0.2) is 0 Å². The maximum absolute atomic E-state index is 11.2. The highest BCUT2D eigenvalue weighted by Gasteiger charge is 2.02. The van der Waals surface area contributed by atoms with Gasteiger partial charge in [0, 0.05) is 25.4 Å². The van der Waals surface area contributed by atoms with E-state index < -0.39 is 0 Å². The average molecular weight is 306 g/mol. The first-order chi connectivity index (χ1) is 7.24. The van der Waals surface area contributed by atoms with E-state index in [1.54, 1.807) is 11.8 Å². The monoisotopic (exact) mass is 305 g/mol. The Morgan fingerprint density at radius 2 is 1.88 bits per heavy atom. The van der Waals surface area contributed by atoms with E-state index in [1.165, 1.54) is 0 Å². The fraction of sp³-hybridized carbons (Fsp3) is 0.900. The molecule has 1 amide bonds. The minimum Gasteiger partial charge on any atom is -0.354 e. The van der Waals surface area contributed by atoms with Crippen molar-refractivity contribution in [3.63, 3.8) is 0 Å². The summed E-state index contributed by atoms with van der Waals surface area (Å²) < 4.78 is 0. The number of amides is 1. The highest BCUT2D eigenvalue weighted by Crippen LogP contribution is 2.00. The zero-order valence-electron chi connectivity index (χ0n) is 10.6. The van der Waals surface area contributed by atoms with Gasteiger partial charge in [-0.25, -0.2) is 0 Å². The summed E-state index contributed by atoms with van der Waals surface area (Å²) in [7, 11) is 0. The van der Waals surface area contributed by atoms with Crippen LogP contribution < -0.4 is 11.1 Å². The van der Waals surface area contributed by atoms with E-state index in [9.17, 15) is 4.79 Å². The molecule has 0 aliphatic rings. The molecule has 0 radical (unpaired) electrons. The fourth-order valence-electron chi connectivity index (χ4n) is 1.16. The molecule has 0 heterocycles. The molecule has 0 rings (SSSR count). The maximum Gasteiger partial charge on any atom is 0.230 e. The number of hydrogen-bond donors (Lipinski definition) is 2. The number of nitrogens with one attached hydrogen (secondary N) is 1. The number of thioether (sulfide) groups is 1. The van der Waals surface area contributed by atoms with Gasteiger partial charge in [0.25, 0.3) is 0 Å². The first-order valence-corrected chi connectivity index (χ1v) is 6.66. The third-order valence-corrected chi connectivity index (χ3v) is 3.08. The van der Waals surface area contributed by atoms with E-state index in [2.05, 4.69) is 24.1 Å². The summed E-state index contributed by atoms with van der Waals surface area (Å²) in [6, 6.07) is 0. The highest BCUT2D eigenvalue weighted by atomic mass is 35.5. The normalized spacial score (nSPS) is 9.41. The van der Waals surface area contributed by atoms with Crippen molar-refractivity contribution < 1.29 is 4.79 Å². The summed E-state index contributed by atoms with van der Waals surface area (Å²) >= 11 is 1.68. The van der Waals surface area contributed by atoms with Gasteiger partial charge < -0.3 is 16.0 Å². The Morgan fingerprint density at radius 1 is 1.29 bits per heavy atom. The molecule has 3 N–H and O–H groups in total. The SMILES string of the molecule is CCN(CC)CCSCC(=O)NCCN.Cl.Cl. The molecule has 0 aromatic heterocycles. The molecule has 0 aliphatic heterocycles. The van der Waals surface area contributed by atoms with Crippen LogP contribution >= 0.6 is 36.6 Å². The lowest BCUT2D eigenvalue weighted by molar-refractivity contribution is -0.118. The van der Waals surface area contributed by atoms with Gasteiger partial charge in [0.05, 0.1) is 5.75 Å². The molecule has 0 aromatic rings. The van der Waals surface area contributed by atoms with Gasteiger partial charge >= 0.3 is 0 Å². The smallest absolute Gasteiger partial charge is 0.230 e. The topological polar surface area (TPSA) is 58.4 Å². The van der Waals surface area contributed by atoms with E-state index in [0.29, 0.717) is 18.8 Å². The number of carbonyl (C=O) groups excluding carboxylic acids is 1. The molecule has 0 aliphatic carbocycles. The molecule has 0 atom stereocenters. The van der Waals surface area contributed by atoms with Gasteiger partial charge in [-0.1, -0.05) is 13.8 Å². The van der Waals surface area contributed by atoms with Crippen molar-refractivity contribution in [2.45, 2.75) is 13.8 Å². The minimum atomic E-state index is 0. The van der Waals surface area contributed by atoms with Gasteiger partial charge in [-0.05, 0) is 13.1 Å². The first-order valence-electron chi connectivity index (χ1n) is 5.51. The van der Waals surface area contributed by atoms with Crippen molar-refractivity contribution in [1.29, 1.82) is 0 Å². The fourth-order valence-corrected chi connectivity index (χ4v) is 1.98. The quantitative estimate of drug-likeness (QED) is 0.624. The second-order valence-corrected chi connectivity index (χ2v) is 4.32. The molecule has 4 nitrogen and oxygen atoms in total. The number of carbonyl (C=O) groups is 1. The summed E-state index contributed by atoms with van der Waals surface area (Å²) in [5.41, 5.74) is 5.28. The van der Waals surface area contributed by atoms with Crippen LogP contribution in [0.3, 0.4) is 0 Å². The van der Waals surface area contributed by atoms with E-state index in [-0.39, 0.29) is 30.7 Å². The summed E-state index contributed by atoms with van der Waals surface area (Å²) in [5.74, 6) is 1.64. The largest absolute Gasteiger partial charge is 0.354 e. The maximum atomic E-state index is 11.2. The third-order valence-electron chi connectivity index (χ3n) is 2.15. The van der Waals surface area contributed by atoms with Gasteiger partial charge in [-0.15, -0.1) is 24.8 Å². The lowest BCUT2D eigenvalue weighted by atomic mass is 10.5. The van der Waals surface area contributed by atoms with Crippen LogP contribution in [0.15, 0.2) is 0 Å². The van der Waals surface area contributed by atoms with Crippen molar-refractivity contribution >= 4 is 42.5 Å². The second kappa shape index (κ2) is 16.3. The van der Waals surface area contributed by atoms with Crippen LogP contribution in [0.25, 0.3) is 0 Å². The molecule has 0 fully saturated rings. The molecule has 0 unspecified atom stereocenters. The van der Waals surface area contributed by atoms with Gasteiger partial charge in [-0.2, -0.15) is 11.8 Å². The van der Waals surface area contributed by atoms with Crippen molar-refractivity contribution in [2.24, 2.45) is 5.73 Å². The number of nitrogens with zero attached hydrogens (tertiary/aromatic N) is 1. The van der Waals surface area contributed by atoms with Crippen LogP contribution in [0.1, 0.15) is 13.8 Å². The van der Waals surface area contributed by atoms with Crippen LogP contribution in [-0.2, 0) is 4.79 Å². The molecular weight excluding hydrogens is 281 g/mol. The Kier molecular flexibility index (Phi) is 21.6. The first kappa shape index (κ1) is 22.5. The van der Waals surface area contributed by atoms with Crippen LogP contribution in [0, 0.1) is 0 Å². The molecule has 0 aromatic carbocycles. The zero-order chi connectivity index (χ0) is 11.5. The Bertz CT molecular complexity index is 172. The molecule has 0 bridgehead atoms. The van der Waals surface area contributed by atoms with Crippen molar-refractivity contribution in [3.05, 3.63) is 0 Å². The lowest BCUT2D eigenvalue weighted by Gasteiger charge is -2.17. The molecule has 7 heteroatoms. The van der Waals surface area contributed by atoms with Gasteiger partial charge in [-0.3, -0.25) is 4.79 Å². The van der Waals surface area contributed by atoms with E-state index in [1.807, 2.05) is 0 Å². The Morgan fingerprint density at radius 3 is 2.35 bits per heavy atom. The minimum absolute atomic E-state index is 0. The van der Waals surface area contributed by atoms with E-state index >= 15 is 0 Å². The summed E-state index contributed by atoms with van der Waals surface area (Å²) in [6.07, 6.45) is 0. The average Bonchev–Trinajstić information content (AvgIpc) is 2.26. The molecule has 106 valence electrons. The van der Waals surface area contributed by atoms with Crippen LogP contribution in [-0.4, -0.2) is 55.0 Å². The lowest BCUT2D eigenvalue weighted by Crippen LogP contribution is -2.31. The van der Waals surface area contributed by atoms with Crippen molar-refractivity contribution in [3.8, 4) is 0 Å². The molecule has 0 spiro atoms. The highest BCUT2D eigenvalue weighted by molar-refractivity contribution is 7.99. The standard InChI is InChI=1S/C10H23N3OS.2ClH/c1-3-13(4-2)7-8-15-9-10(14)12-6-5-11;;/h3-9,11H2,1-2H3,(H,12,14);2*1H. The summed E-state index contributed by atoms with van der Waals surface area (Å²) in [6.45, 7) is 8.62. The van der Waals surface area contributed by atoms with Gasteiger partial charge in [0.1, 0.15) is 0 Å². The van der Waals surface area contributed by atoms with Gasteiger partial charge in [0.2, 0.25) is 5.91 Å². The second-order valence-electron chi connectivity index (χ2n) is 3.22. The number of halogens is 2. The Balaban J connectivity index is -0.000000980. The number of hydrogen-bond acceptors (Lipinski definition) is 4. The Labute approximate surface area is 121 Å². The number of rotatable bonds is 9. The molecule has 0 saturated heterocycles. The summed E-state index contributed by atoms with van der Waals surface area (Å²) in [5, 5.41) is 2.75. The zero-order valence-corrected chi connectivity index (χ0v) is 13.1. The third kappa shape index (κ3) is 14.3. The van der Waals surface area contributed by atoms with E-state index in [0.717, 1.165) is 25.4 Å². The predicted octanol–water partition coefficient (Wildman–Crippen LogP) is 0.980.